The zero-order valence-corrected chi connectivity index (χ0v) is 15.5. The van der Waals surface area contributed by atoms with E-state index < -0.39 is 5.69 Å². The molecule has 0 atom stereocenters. The molecule has 1 amide bonds. The molecule has 3 aromatic rings. The number of fused-ring (bicyclic) bond motifs is 1. The average molecular weight is 369 g/mol. The summed E-state index contributed by atoms with van der Waals surface area (Å²) in [5, 5.41) is 7.12. The molecule has 0 saturated carbocycles. The Morgan fingerprint density at radius 1 is 1.26 bits per heavy atom. The van der Waals surface area contributed by atoms with Gasteiger partial charge in [-0.05, 0) is 6.42 Å². The summed E-state index contributed by atoms with van der Waals surface area (Å²) in [6.07, 6.45) is 1.89. The zero-order valence-electron chi connectivity index (χ0n) is 15.5. The molecule has 1 aromatic carbocycles. The first-order chi connectivity index (χ1) is 13.1. The maximum atomic E-state index is 12.9. The Morgan fingerprint density at radius 2 is 2.04 bits per heavy atom. The third-order valence-corrected chi connectivity index (χ3v) is 4.09. The van der Waals surface area contributed by atoms with E-state index in [2.05, 4.69) is 22.3 Å². The summed E-state index contributed by atoms with van der Waals surface area (Å²) in [6, 6.07) is 11.1. The van der Waals surface area contributed by atoms with Crippen molar-refractivity contribution in [3.05, 3.63) is 52.6 Å². The van der Waals surface area contributed by atoms with Gasteiger partial charge in [-0.1, -0.05) is 43.7 Å². The van der Waals surface area contributed by atoms with Crippen LogP contribution in [0.5, 0.6) is 0 Å². The van der Waals surface area contributed by atoms with Gasteiger partial charge >= 0.3 is 5.69 Å². The highest BCUT2D eigenvalue weighted by Gasteiger charge is 2.16. The van der Waals surface area contributed by atoms with Crippen molar-refractivity contribution in [3.63, 3.8) is 0 Å². The molecule has 0 aliphatic heterocycles. The first-order valence-electron chi connectivity index (χ1n) is 8.94. The van der Waals surface area contributed by atoms with Crippen LogP contribution in [0.3, 0.4) is 0 Å². The highest BCUT2D eigenvalue weighted by Crippen LogP contribution is 2.18. The molecule has 2 aromatic heterocycles. The van der Waals surface area contributed by atoms with E-state index >= 15 is 0 Å². The summed E-state index contributed by atoms with van der Waals surface area (Å²) in [7, 11) is 1.58. The van der Waals surface area contributed by atoms with Gasteiger partial charge in [-0.15, -0.1) is 5.10 Å². The lowest BCUT2D eigenvalue weighted by Gasteiger charge is -2.06. The van der Waals surface area contributed by atoms with Crippen LogP contribution in [0.15, 0.2) is 41.2 Å². The van der Waals surface area contributed by atoms with Gasteiger partial charge in [0.1, 0.15) is 12.4 Å². The second-order valence-corrected chi connectivity index (χ2v) is 6.21. The molecular weight excluding hydrogens is 346 g/mol. The van der Waals surface area contributed by atoms with Crippen molar-refractivity contribution in [1.29, 1.82) is 0 Å². The SMILES string of the molecule is CCCCNC(=O)Cn1nc2cc(COC)nc(-c3ccccc3)n2c1=O. The summed E-state index contributed by atoms with van der Waals surface area (Å²) in [5.74, 6) is 0.239. The van der Waals surface area contributed by atoms with Crippen LogP contribution in [0.2, 0.25) is 0 Å². The molecule has 2 heterocycles. The minimum atomic E-state index is -0.397. The number of rotatable bonds is 8. The first-order valence-corrected chi connectivity index (χ1v) is 8.94. The Bertz CT molecular complexity index is 978. The predicted molar refractivity (Wildman–Crippen MR) is 101 cm³/mol. The Balaban J connectivity index is 2.03. The van der Waals surface area contributed by atoms with E-state index in [9.17, 15) is 9.59 Å². The molecule has 8 heteroatoms. The Morgan fingerprint density at radius 3 is 2.74 bits per heavy atom. The van der Waals surface area contributed by atoms with Crippen molar-refractivity contribution in [2.45, 2.75) is 32.9 Å². The predicted octanol–water partition coefficient (Wildman–Crippen LogP) is 1.62. The Kier molecular flexibility index (Phi) is 5.97. The summed E-state index contributed by atoms with van der Waals surface area (Å²) >= 11 is 0. The minimum absolute atomic E-state index is 0.127. The lowest BCUT2D eigenvalue weighted by molar-refractivity contribution is -0.121. The number of carbonyl (C=O) groups is 1. The number of carbonyl (C=O) groups excluding carboxylic acids is 1. The molecule has 0 spiro atoms. The smallest absolute Gasteiger partial charge is 0.352 e. The average Bonchev–Trinajstić information content (AvgIpc) is 2.98. The van der Waals surface area contributed by atoms with Gasteiger partial charge in [0.05, 0.1) is 12.3 Å². The van der Waals surface area contributed by atoms with Gasteiger partial charge in [0.2, 0.25) is 5.91 Å². The van der Waals surface area contributed by atoms with Gasteiger partial charge < -0.3 is 10.1 Å². The number of hydrogen-bond acceptors (Lipinski definition) is 5. The van der Waals surface area contributed by atoms with Gasteiger partial charge in [-0.2, -0.15) is 0 Å². The molecule has 0 bridgehead atoms. The normalized spacial score (nSPS) is 11.0. The first kappa shape index (κ1) is 18.8. The van der Waals surface area contributed by atoms with Crippen LogP contribution in [-0.2, 0) is 22.7 Å². The fraction of sp³-hybridized carbons (Fsp3) is 0.368. The topological polar surface area (TPSA) is 90.5 Å². The molecule has 142 valence electrons. The molecule has 0 unspecified atom stereocenters. The van der Waals surface area contributed by atoms with Gasteiger partial charge in [0.15, 0.2) is 5.65 Å². The quantitative estimate of drug-likeness (QED) is 0.610. The molecular formula is C19H23N5O3. The van der Waals surface area contributed by atoms with Gasteiger partial charge in [-0.25, -0.2) is 18.9 Å². The molecule has 3 rings (SSSR count). The third kappa shape index (κ3) is 4.22. The molecule has 0 fully saturated rings. The molecule has 0 aliphatic rings. The number of nitrogens with zero attached hydrogens (tertiary/aromatic N) is 4. The molecule has 0 radical (unpaired) electrons. The van der Waals surface area contributed by atoms with Crippen LogP contribution < -0.4 is 11.0 Å². The third-order valence-electron chi connectivity index (χ3n) is 4.09. The standard InChI is InChI=1S/C19H23N5O3/c1-3-4-10-20-17(25)12-23-19(26)24-16(22-23)11-15(13-27-2)21-18(24)14-8-6-5-7-9-14/h5-9,11H,3-4,10,12-13H2,1-2H3,(H,20,25). The molecule has 27 heavy (non-hydrogen) atoms. The molecule has 1 N–H and O–H groups in total. The van der Waals surface area contributed by atoms with Crippen molar-refractivity contribution < 1.29 is 9.53 Å². The highest BCUT2D eigenvalue weighted by molar-refractivity contribution is 5.75. The highest BCUT2D eigenvalue weighted by atomic mass is 16.5. The van der Waals surface area contributed by atoms with Crippen LogP contribution >= 0.6 is 0 Å². The van der Waals surface area contributed by atoms with Crippen molar-refractivity contribution in [1.82, 2.24) is 24.5 Å². The van der Waals surface area contributed by atoms with Crippen LogP contribution in [-0.4, -0.2) is 38.7 Å². The lowest BCUT2D eigenvalue weighted by Crippen LogP contribution is -2.33. The molecule has 0 saturated heterocycles. The number of amides is 1. The summed E-state index contributed by atoms with van der Waals surface area (Å²) in [5.41, 5.74) is 1.48. The van der Waals surface area contributed by atoms with E-state index in [1.165, 1.54) is 9.08 Å². The minimum Gasteiger partial charge on any atom is -0.378 e. The van der Waals surface area contributed by atoms with Crippen molar-refractivity contribution in [2.75, 3.05) is 13.7 Å². The summed E-state index contributed by atoms with van der Waals surface area (Å²) in [4.78, 5) is 29.5. The number of aromatic nitrogens is 4. The lowest BCUT2D eigenvalue weighted by atomic mass is 10.2. The Hall–Kier alpha value is -3.00. The fourth-order valence-electron chi connectivity index (χ4n) is 2.79. The van der Waals surface area contributed by atoms with Crippen molar-refractivity contribution >= 4 is 11.6 Å². The van der Waals surface area contributed by atoms with E-state index in [1.807, 2.05) is 30.3 Å². The summed E-state index contributed by atoms with van der Waals surface area (Å²) in [6.45, 7) is 2.81. The van der Waals surface area contributed by atoms with Gasteiger partial charge in [-0.3, -0.25) is 4.79 Å². The maximum absolute atomic E-state index is 12.9. The monoisotopic (exact) mass is 369 g/mol. The maximum Gasteiger partial charge on any atom is 0.352 e. The number of ether oxygens (including phenoxy) is 1. The number of hydrogen-bond donors (Lipinski definition) is 1. The van der Waals surface area contributed by atoms with Crippen molar-refractivity contribution in [3.8, 4) is 11.4 Å². The number of unbranched alkanes of at least 4 members (excludes halogenated alkanes) is 1. The Labute approximate surface area is 156 Å². The number of benzene rings is 1. The summed E-state index contributed by atoms with van der Waals surface area (Å²) < 4.78 is 7.77. The van der Waals surface area contributed by atoms with Gasteiger partial charge in [0.25, 0.3) is 0 Å². The van der Waals surface area contributed by atoms with Crippen LogP contribution in [0.25, 0.3) is 17.0 Å². The second-order valence-electron chi connectivity index (χ2n) is 6.21. The molecule has 0 aliphatic carbocycles. The number of nitrogens with one attached hydrogen (secondary N) is 1. The number of methoxy groups -OCH3 is 1. The van der Waals surface area contributed by atoms with E-state index in [0.29, 0.717) is 30.3 Å². The molecule has 8 nitrogen and oxygen atoms in total. The van der Waals surface area contributed by atoms with E-state index in [4.69, 9.17) is 4.74 Å². The van der Waals surface area contributed by atoms with Crippen LogP contribution in [0, 0.1) is 0 Å². The van der Waals surface area contributed by atoms with Crippen LogP contribution in [0.1, 0.15) is 25.5 Å². The van der Waals surface area contributed by atoms with Gasteiger partial charge in [0, 0.05) is 25.3 Å². The van der Waals surface area contributed by atoms with E-state index in [1.54, 1.807) is 13.2 Å². The zero-order chi connectivity index (χ0) is 19.2. The van der Waals surface area contributed by atoms with Crippen molar-refractivity contribution in [2.24, 2.45) is 0 Å². The fourth-order valence-corrected chi connectivity index (χ4v) is 2.79. The second kappa shape index (κ2) is 8.59. The van der Waals surface area contributed by atoms with E-state index in [0.717, 1.165) is 18.4 Å². The van der Waals surface area contributed by atoms with E-state index in [-0.39, 0.29) is 12.5 Å². The van der Waals surface area contributed by atoms with Crippen LogP contribution in [0.4, 0.5) is 0 Å². The largest absolute Gasteiger partial charge is 0.378 e.